The maximum Gasteiger partial charge on any atom is 0.269 e. The van der Waals surface area contributed by atoms with Crippen molar-refractivity contribution in [3.63, 3.8) is 0 Å². The van der Waals surface area contributed by atoms with Gasteiger partial charge in [-0.1, -0.05) is 42.2 Å². The Balaban J connectivity index is 1.59. The summed E-state index contributed by atoms with van der Waals surface area (Å²) in [5.74, 6) is 1.42. The number of nitrogens with two attached hydrogens (primary N) is 1. The predicted molar refractivity (Wildman–Crippen MR) is 125 cm³/mol. The van der Waals surface area contributed by atoms with Gasteiger partial charge in [-0.3, -0.25) is 10.1 Å². The first kappa shape index (κ1) is 20.6. The van der Waals surface area contributed by atoms with Crippen LogP contribution in [0, 0.1) is 0 Å². The van der Waals surface area contributed by atoms with Gasteiger partial charge >= 0.3 is 0 Å². The number of thioether (sulfide) groups is 1. The molecule has 154 valence electrons. The molecule has 0 unspecified atom stereocenters. The third kappa shape index (κ3) is 4.25. The number of fused-ring (bicyclic) bond motifs is 1. The third-order valence-electron chi connectivity index (χ3n) is 4.22. The lowest BCUT2D eigenvalue weighted by molar-refractivity contribution is 0.103. The molecule has 7 nitrogen and oxygen atoms in total. The molecule has 0 bridgehead atoms. The normalized spacial score (nSPS) is 11.0. The molecule has 0 atom stereocenters. The Morgan fingerprint density at radius 2 is 2.10 bits per heavy atom. The van der Waals surface area contributed by atoms with Crippen molar-refractivity contribution in [3.8, 4) is 17.0 Å². The summed E-state index contributed by atoms with van der Waals surface area (Å²) in [4.78, 5) is 18.6. The van der Waals surface area contributed by atoms with E-state index in [2.05, 4.69) is 22.4 Å². The molecule has 4 aromatic rings. The van der Waals surface area contributed by atoms with Crippen LogP contribution >= 0.6 is 34.4 Å². The van der Waals surface area contributed by atoms with Crippen molar-refractivity contribution in [1.29, 1.82) is 0 Å². The van der Waals surface area contributed by atoms with Gasteiger partial charge in [0.15, 0.2) is 4.34 Å². The fraction of sp³-hybridized carbons (Fsp3) is 0.200. The summed E-state index contributed by atoms with van der Waals surface area (Å²) in [5.41, 5.74) is 8.39. The Kier molecular flexibility index (Phi) is 6.16. The number of methoxy groups -OCH3 is 1. The SMILES string of the molecule is CCCSc1nnc(NC(=O)c2sc3nc(-c4cccc(OC)c4)ccc3c2N)s1. The van der Waals surface area contributed by atoms with Gasteiger partial charge in [-0.05, 0) is 30.7 Å². The molecule has 0 radical (unpaired) electrons. The van der Waals surface area contributed by atoms with Crippen molar-refractivity contribution in [2.24, 2.45) is 0 Å². The van der Waals surface area contributed by atoms with Crippen LogP contribution in [0.3, 0.4) is 0 Å². The van der Waals surface area contributed by atoms with Crippen molar-refractivity contribution in [1.82, 2.24) is 15.2 Å². The Morgan fingerprint density at radius 3 is 2.90 bits per heavy atom. The average molecular weight is 458 g/mol. The Hall–Kier alpha value is -2.69. The van der Waals surface area contributed by atoms with E-state index in [1.54, 1.807) is 18.9 Å². The van der Waals surface area contributed by atoms with Gasteiger partial charge in [0.2, 0.25) is 5.13 Å². The monoisotopic (exact) mass is 457 g/mol. The first-order chi connectivity index (χ1) is 14.6. The number of benzene rings is 1. The second kappa shape index (κ2) is 8.99. The first-order valence-electron chi connectivity index (χ1n) is 9.20. The zero-order valence-corrected chi connectivity index (χ0v) is 18.8. The second-order valence-electron chi connectivity index (χ2n) is 6.30. The fourth-order valence-corrected chi connectivity index (χ4v) is 5.43. The number of pyridine rings is 1. The quantitative estimate of drug-likeness (QED) is 0.292. The lowest BCUT2D eigenvalue weighted by atomic mass is 10.1. The molecule has 1 aromatic carbocycles. The number of thiophene rings is 1. The summed E-state index contributed by atoms with van der Waals surface area (Å²) in [6.07, 6.45) is 1.05. The van der Waals surface area contributed by atoms with E-state index < -0.39 is 0 Å². The minimum absolute atomic E-state index is 0.304. The summed E-state index contributed by atoms with van der Waals surface area (Å²) in [6.45, 7) is 2.11. The predicted octanol–water partition coefficient (Wildman–Crippen LogP) is 5.16. The van der Waals surface area contributed by atoms with E-state index in [4.69, 9.17) is 15.5 Å². The molecule has 30 heavy (non-hydrogen) atoms. The van der Waals surface area contributed by atoms with Crippen molar-refractivity contribution < 1.29 is 9.53 Å². The van der Waals surface area contributed by atoms with E-state index in [0.717, 1.165) is 38.9 Å². The molecule has 1 amide bonds. The molecule has 4 rings (SSSR count). The highest BCUT2D eigenvalue weighted by Crippen LogP contribution is 2.35. The Bertz CT molecular complexity index is 1200. The van der Waals surface area contributed by atoms with Gasteiger partial charge in [-0.25, -0.2) is 4.98 Å². The highest BCUT2D eigenvalue weighted by atomic mass is 32.2. The molecule has 10 heteroatoms. The van der Waals surface area contributed by atoms with Crippen molar-refractivity contribution in [2.75, 3.05) is 23.9 Å². The summed E-state index contributed by atoms with van der Waals surface area (Å²) in [5, 5.41) is 12.1. The van der Waals surface area contributed by atoms with Gasteiger partial charge < -0.3 is 10.5 Å². The minimum Gasteiger partial charge on any atom is -0.497 e. The number of carbonyl (C=O) groups is 1. The average Bonchev–Trinajstić information content (AvgIpc) is 3.36. The number of carbonyl (C=O) groups excluding carboxylic acids is 1. The number of aromatic nitrogens is 3. The maximum absolute atomic E-state index is 12.8. The highest BCUT2D eigenvalue weighted by molar-refractivity contribution is 8.01. The Morgan fingerprint density at radius 1 is 1.23 bits per heavy atom. The molecule has 0 saturated heterocycles. The number of anilines is 2. The van der Waals surface area contributed by atoms with E-state index in [-0.39, 0.29) is 5.91 Å². The number of nitrogens with one attached hydrogen (secondary N) is 1. The van der Waals surface area contributed by atoms with Crippen LogP contribution in [0.25, 0.3) is 21.5 Å². The molecule has 0 spiro atoms. The van der Waals surface area contributed by atoms with E-state index in [1.165, 1.54) is 22.7 Å². The van der Waals surface area contributed by atoms with E-state index in [1.807, 2.05) is 36.4 Å². The first-order valence-corrected chi connectivity index (χ1v) is 11.8. The topological polar surface area (TPSA) is 103 Å². The summed E-state index contributed by atoms with van der Waals surface area (Å²) in [7, 11) is 1.63. The lowest BCUT2D eigenvalue weighted by Gasteiger charge is -2.04. The molecule has 0 aliphatic carbocycles. The van der Waals surface area contributed by atoms with Gasteiger partial charge in [-0.15, -0.1) is 21.5 Å². The van der Waals surface area contributed by atoms with E-state index in [0.29, 0.717) is 20.5 Å². The molecular weight excluding hydrogens is 438 g/mol. The number of nitrogens with zero attached hydrogens (tertiary/aromatic N) is 3. The number of hydrogen-bond acceptors (Lipinski definition) is 9. The molecular formula is C20H19N5O2S3. The van der Waals surface area contributed by atoms with Crippen LogP contribution < -0.4 is 15.8 Å². The largest absolute Gasteiger partial charge is 0.497 e. The van der Waals surface area contributed by atoms with Gasteiger partial charge in [-0.2, -0.15) is 0 Å². The molecule has 0 fully saturated rings. The molecule has 3 N–H and O–H groups in total. The summed E-state index contributed by atoms with van der Waals surface area (Å²) in [6, 6.07) is 11.5. The number of rotatable bonds is 7. The van der Waals surface area contributed by atoms with E-state index in [9.17, 15) is 4.79 Å². The third-order valence-corrected chi connectivity index (χ3v) is 7.51. The number of nitrogen functional groups attached to an aromatic ring is 1. The van der Waals surface area contributed by atoms with Crippen LogP contribution in [0.5, 0.6) is 5.75 Å². The zero-order chi connectivity index (χ0) is 21.1. The number of hydrogen-bond donors (Lipinski definition) is 2. The smallest absolute Gasteiger partial charge is 0.269 e. The summed E-state index contributed by atoms with van der Waals surface area (Å²) < 4.78 is 6.12. The van der Waals surface area contributed by atoms with Gasteiger partial charge in [0.25, 0.3) is 5.91 Å². The maximum atomic E-state index is 12.8. The molecule has 3 heterocycles. The van der Waals surface area contributed by atoms with Gasteiger partial charge in [0.05, 0.1) is 18.5 Å². The lowest BCUT2D eigenvalue weighted by Crippen LogP contribution is -2.11. The van der Waals surface area contributed by atoms with Crippen LogP contribution in [-0.4, -0.2) is 34.0 Å². The van der Waals surface area contributed by atoms with Crippen molar-refractivity contribution in [2.45, 2.75) is 17.7 Å². The minimum atomic E-state index is -0.304. The molecule has 3 aromatic heterocycles. The van der Waals surface area contributed by atoms with Crippen LogP contribution in [0.2, 0.25) is 0 Å². The number of ether oxygens (including phenoxy) is 1. The zero-order valence-electron chi connectivity index (χ0n) is 16.3. The Labute approximate surface area is 185 Å². The summed E-state index contributed by atoms with van der Waals surface area (Å²) >= 11 is 4.25. The molecule has 0 aliphatic heterocycles. The number of amides is 1. The second-order valence-corrected chi connectivity index (χ2v) is 9.62. The standard InChI is InChI=1S/C20H19N5O2S3/c1-3-9-28-20-25-24-19(30-20)23-17(26)16-15(21)13-7-8-14(22-18(13)29-16)11-5-4-6-12(10-11)27-2/h4-8,10H,3,9,21H2,1-2H3,(H,23,24,26). The van der Waals surface area contributed by atoms with Gasteiger partial charge in [0.1, 0.15) is 15.5 Å². The van der Waals surface area contributed by atoms with Crippen LogP contribution in [0.4, 0.5) is 10.8 Å². The van der Waals surface area contributed by atoms with Crippen molar-refractivity contribution in [3.05, 3.63) is 41.3 Å². The fourth-order valence-electron chi connectivity index (χ4n) is 2.77. The molecule has 0 aliphatic rings. The van der Waals surface area contributed by atoms with Crippen LogP contribution in [0.15, 0.2) is 40.7 Å². The van der Waals surface area contributed by atoms with Gasteiger partial charge in [0, 0.05) is 16.7 Å². The van der Waals surface area contributed by atoms with Crippen molar-refractivity contribution >= 4 is 61.4 Å². The van der Waals surface area contributed by atoms with E-state index >= 15 is 0 Å². The van der Waals surface area contributed by atoms with Crippen LogP contribution in [-0.2, 0) is 0 Å². The highest BCUT2D eigenvalue weighted by Gasteiger charge is 2.19. The molecule has 0 saturated carbocycles. The van der Waals surface area contributed by atoms with Crippen LogP contribution in [0.1, 0.15) is 23.0 Å².